The molecule has 0 bridgehead atoms. The summed E-state index contributed by atoms with van der Waals surface area (Å²) in [5.41, 5.74) is 0. The second kappa shape index (κ2) is 54.2. The molecular weight excluding hydrogens is 805 g/mol. The molecule has 0 N–H and O–H groups in total. The molecule has 0 heterocycles. The van der Waals surface area contributed by atoms with Gasteiger partial charge >= 0.3 is 17.9 Å². The number of esters is 3. The van der Waals surface area contributed by atoms with E-state index >= 15 is 0 Å². The van der Waals surface area contributed by atoms with Gasteiger partial charge < -0.3 is 14.2 Å². The summed E-state index contributed by atoms with van der Waals surface area (Å²) in [6.07, 6.45) is 64.1. The molecule has 380 valence electrons. The van der Waals surface area contributed by atoms with Crippen LogP contribution in [0.15, 0.2) is 36.5 Å². The van der Waals surface area contributed by atoms with Crippen LogP contribution < -0.4 is 0 Å². The zero-order chi connectivity index (χ0) is 47.2. The first-order valence-electron chi connectivity index (χ1n) is 28.5. The molecule has 0 spiro atoms. The van der Waals surface area contributed by atoms with Crippen LogP contribution in [0.1, 0.15) is 303 Å². The minimum absolute atomic E-state index is 0.0771. The summed E-state index contributed by atoms with van der Waals surface area (Å²) in [6.45, 7) is 6.63. The number of carbonyl (C=O) groups is 3. The Bertz CT molecular complexity index is 1090. The van der Waals surface area contributed by atoms with Crippen molar-refractivity contribution in [2.45, 2.75) is 309 Å². The number of allylic oxidation sites excluding steroid dienone is 6. The lowest BCUT2D eigenvalue weighted by molar-refractivity contribution is -0.167. The Balaban J connectivity index is 4.34. The summed E-state index contributed by atoms with van der Waals surface area (Å²) in [6, 6.07) is 0. The summed E-state index contributed by atoms with van der Waals surface area (Å²) < 4.78 is 16.8. The van der Waals surface area contributed by atoms with Gasteiger partial charge in [0, 0.05) is 19.3 Å². The summed E-state index contributed by atoms with van der Waals surface area (Å²) in [4.78, 5) is 38.1. The van der Waals surface area contributed by atoms with Crippen LogP contribution in [0.2, 0.25) is 0 Å². The Morgan fingerprint density at radius 3 is 0.769 bits per heavy atom. The fourth-order valence-corrected chi connectivity index (χ4v) is 8.25. The molecule has 0 aromatic carbocycles. The molecule has 0 saturated carbocycles. The molecule has 6 nitrogen and oxygen atoms in total. The van der Waals surface area contributed by atoms with E-state index in [1.165, 1.54) is 193 Å². The van der Waals surface area contributed by atoms with E-state index in [4.69, 9.17) is 14.2 Å². The summed E-state index contributed by atoms with van der Waals surface area (Å²) in [5.74, 6) is -0.883. The normalized spacial score (nSPS) is 12.2. The molecule has 0 saturated heterocycles. The van der Waals surface area contributed by atoms with Crippen LogP contribution >= 0.6 is 0 Å². The van der Waals surface area contributed by atoms with Crippen molar-refractivity contribution in [2.24, 2.45) is 0 Å². The third-order valence-corrected chi connectivity index (χ3v) is 12.6. The molecule has 0 aliphatic carbocycles. The Morgan fingerprint density at radius 1 is 0.292 bits per heavy atom. The highest BCUT2D eigenvalue weighted by molar-refractivity contribution is 5.71. The van der Waals surface area contributed by atoms with Crippen molar-refractivity contribution < 1.29 is 28.6 Å². The molecule has 1 atom stereocenters. The first-order chi connectivity index (χ1) is 32.0. The summed E-state index contributed by atoms with van der Waals surface area (Å²) in [7, 11) is 0. The van der Waals surface area contributed by atoms with E-state index < -0.39 is 6.10 Å². The third kappa shape index (κ3) is 52.5. The fourth-order valence-electron chi connectivity index (χ4n) is 8.25. The maximum atomic E-state index is 12.8. The number of ether oxygens (including phenoxy) is 3. The molecule has 0 aliphatic heterocycles. The van der Waals surface area contributed by atoms with E-state index in [2.05, 4.69) is 57.2 Å². The maximum Gasteiger partial charge on any atom is 0.306 e. The van der Waals surface area contributed by atoms with Crippen molar-refractivity contribution in [2.75, 3.05) is 13.2 Å². The highest BCUT2D eigenvalue weighted by atomic mass is 16.6. The van der Waals surface area contributed by atoms with E-state index in [0.29, 0.717) is 19.3 Å². The number of rotatable bonds is 52. The molecule has 0 aliphatic rings. The highest BCUT2D eigenvalue weighted by Crippen LogP contribution is 2.15. The Hall–Kier alpha value is -2.37. The van der Waals surface area contributed by atoms with Crippen molar-refractivity contribution in [3.63, 3.8) is 0 Å². The molecule has 0 aromatic rings. The zero-order valence-electron chi connectivity index (χ0n) is 43.5. The van der Waals surface area contributed by atoms with E-state index in [-0.39, 0.29) is 31.1 Å². The smallest absolute Gasteiger partial charge is 0.306 e. The van der Waals surface area contributed by atoms with E-state index in [0.717, 1.165) is 70.6 Å². The van der Waals surface area contributed by atoms with Crippen LogP contribution in [0.25, 0.3) is 0 Å². The van der Waals surface area contributed by atoms with Gasteiger partial charge in [-0.15, -0.1) is 0 Å². The molecule has 0 aromatic heterocycles. The molecule has 1 unspecified atom stereocenters. The standard InChI is InChI=1S/C59H108O6/c1-4-7-10-13-16-19-22-25-28-29-30-31-32-35-37-40-43-46-49-52-58(61)64-55-56(65-59(62)53-50-47-44-41-38-34-27-24-21-18-15-12-9-6-3)54-63-57(60)51-48-45-42-39-36-33-26-23-20-17-14-11-8-5-2/h23-28,56H,4-22,29-55H2,1-3H3/b26-23-,27-24-,28-25-. The molecule has 0 fully saturated rings. The lowest BCUT2D eigenvalue weighted by Gasteiger charge is -2.18. The largest absolute Gasteiger partial charge is 0.462 e. The van der Waals surface area contributed by atoms with Gasteiger partial charge in [0.15, 0.2) is 6.10 Å². The van der Waals surface area contributed by atoms with Crippen LogP contribution in [0.3, 0.4) is 0 Å². The predicted molar refractivity (Wildman–Crippen MR) is 279 cm³/mol. The monoisotopic (exact) mass is 913 g/mol. The van der Waals surface area contributed by atoms with E-state index in [9.17, 15) is 14.4 Å². The fraction of sp³-hybridized carbons (Fsp3) is 0.847. The number of carbonyl (C=O) groups excluding carboxylic acids is 3. The van der Waals surface area contributed by atoms with Crippen molar-refractivity contribution in [1.82, 2.24) is 0 Å². The van der Waals surface area contributed by atoms with Gasteiger partial charge in [0.25, 0.3) is 0 Å². The SMILES string of the molecule is CCCCCCC/C=C\CCCCCCCC(=O)OCC(COC(=O)CCCCCCCCCCC/C=C\CCCCCCCC)OC(=O)CCCCCCC/C=C\CCCCCCC. The average Bonchev–Trinajstić information content (AvgIpc) is 3.30. The second-order valence-electron chi connectivity index (χ2n) is 19.2. The Morgan fingerprint density at radius 2 is 0.508 bits per heavy atom. The van der Waals surface area contributed by atoms with Crippen molar-refractivity contribution in [3.05, 3.63) is 36.5 Å². The van der Waals surface area contributed by atoms with Gasteiger partial charge in [0.1, 0.15) is 13.2 Å². The topological polar surface area (TPSA) is 78.9 Å². The lowest BCUT2D eigenvalue weighted by atomic mass is 10.1. The minimum atomic E-state index is -0.778. The number of hydrogen-bond acceptors (Lipinski definition) is 6. The number of unbranched alkanes of at least 4 members (excludes halogenated alkanes) is 35. The molecule has 0 radical (unpaired) electrons. The third-order valence-electron chi connectivity index (χ3n) is 12.6. The summed E-state index contributed by atoms with van der Waals surface area (Å²) >= 11 is 0. The van der Waals surface area contributed by atoms with Crippen molar-refractivity contribution in [1.29, 1.82) is 0 Å². The van der Waals surface area contributed by atoms with Crippen LogP contribution in [-0.4, -0.2) is 37.2 Å². The second-order valence-corrected chi connectivity index (χ2v) is 19.2. The van der Waals surface area contributed by atoms with Gasteiger partial charge in [-0.25, -0.2) is 0 Å². The van der Waals surface area contributed by atoms with E-state index in [1.807, 2.05) is 0 Å². The van der Waals surface area contributed by atoms with Gasteiger partial charge in [-0.1, -0.05) is 224 Å². The van der Waals surface area contributed by atoms with Crippen LogP contribution in [-0.2, 0) is 28.6 Å². The Kier molecular flexibility index (Phi) is 52.3. The van der Waals surface area contributed by atoms with Gasteiger partial charge in [0.2, 0.25) is 0 Å². The van der Waals surface area contributed by atoms with Gasteiger partial charge in [-0.05, 0) is 96.3 Å². The average molecular weight is 914 g/mol. The number of hydrogen-bond donors (Lipinski definition) is 0. The lowest BCUT2D eigenvalue weighted by Crippen LogP contribution is -2.30. The first-order valence-corrected chi connectivity index (χ1v) is 28.5. The predicted octanol–water partition coefficient (Wildman–Crippen LogP) is 18.9. The van der Waals surface area contributed by atoms with Gasteiger partial charge in [-0.3, -0.25) is 14.4 Å². The molecule has 6 heteroatoms. The Labute approximate surface area is 404 Å². The van der Waals surface area contributed by atoms with Crippen molar-refractivity contribution in [3.8, 4) is 0 Å². The van der Waals surface area contributed by atoms with Gasteiger partial charge in [0.05, 0.1) is 0 Å². The first kappa shape index (κ1) is 62.6. The summed E-state index contributed by atoms with van der Waals surface area (Å²) in [5, 5.41) is 0. The van der Waals surface area contributed by atoms with E-state index in [1.54, 1.807) is 0 Å². The van der Waals surface area contributed by atoms with Crippen LogP contribution in [0, 0.1) is 0 Å². The molecular formula is C59H108O6. The van der Waals surface area contributed by atoms with Crippen LogP contribution in [0.4, 0.5) is 0 Å². The van der Waals surface area contributed by atoms with Crippen molar-refractivity contribution >= 4 is 17.9 Å². The quantitative estimate of drug-likeness (QED) is 0.0262. The van der Waals surface area contributed by atoms with Gasteiger partial charge in [-0.2, -0.15) is 0 Å². The molecule has 0 rings (SSSR count). The molecule has 0 amide bonds. The zero-order valence-corrected chi connectivity index (χ0v) is 43.5. The minimum Gasteiger partial charge on any atom is -0.462 e. The molecule has 65 heavy (non-hydrogen) atoms. The van der Waals surface area contributed by atoms with Crippen LogP contribution in [0.5, 0.6) is 0 Å². The highest BCUT2D eigenvalue weighted by Gasteiger charge is 2.19. The maximum absolute atomic E-state index is 12.8.